The van der Waals surface area contributed by atoms with Gasteiger partial charge in [-0.2, -0.15) is 0 Å². The van der Waals surface area contributed by atoms with Gasteiger partial charge in [-0.1, -0.05) is 0 Å². The molecule has 1 aromatic carbocycles. The minimum atomic E-state index is -1.36. The Morgan fingerprint density at radius 2 is 2.00 bits per heavy atom. The van der Waals surface area contributed by atoms with Gasteiger partial charge in [-0.25, -0.2) is 13.6 Å². The van der Waals surface area contributed by atoms with Gasteiger partial charge in [0, 0.05) is 44.2 Å². The van der Waals surface area contributed by atoms with Crippen LogP contribution in [0.5, 0.6) is 5.75 Å². The molecule has 0 radical (unpaired) electrons. The molecule has 2 heterocycles. The van der Waals surface area contributed by atoms with E-state index in [1.165, 1.54) is 23.9 Å². The highest BCUT2D eigenvalue weighted by molar-refractivity contribution is 5.97. The van der Waals surface area contributed by atoms with E-state index in [1.807, 2.05) is 4.90 Å². The number of aromatic nitrogens is 1. The molecule has 2 N–H and O–H groups in total. The summed E-state index contributed by atoms with van der Waals surface area (Å²) >= 11 is 0. The third-order valence-electron chi connectivity index (χ3n) is 6.55. The number of anilines is 1. The smallest absolute Gasteiger partial charge is 0.341 e. The Hall–Kier alpha value is -2.68. The molecule has 2 aromatic rings. The summed E-state index contributed by atoms with van der Waals surface area (Å²) in [6, 6.07) is 3.16. The standard InChI is InChI=1S/C22H25F2N3O4/c1-31-21-17(26-8-11(16(24)10-26)7-25-12-2-3-12)5-4-13-19(21)27(18-6-15(18)23)9-14(20(13)28)22(29)30/h4-5,9,11-12,15-16,18,25H,2-3,6-8,10H2,1H3,(H,29,30). The van der Waals surface area contributed by atoms with E-state index in [1.54, 1.807) is 6.07 Å². The molecule has 7 nitrogen and oxygen atoms in total. The highest BCUT2D eigenvalue weighted by Crippen LogP contribution is 2.45. The molecule has 2 saturated carbocycles. The van der Waals surface area contributed by atoms with Crippen molar-refractivity contribution >= 4 is 22.6 Å². The minimum absolute atomic E-state index is 0.155. The van der Waals surface area contributed by atoms with Crippen molar-refractivity contribution in [3.8, 4) is 5.75 Å². The molecule has 3 fully saturated rings. The van der Waals surface area contributed by atoms with Crippen LogP contribution in [0.1, 0.15) is 35.7 Å². The Balaban J connectivity index is 1.58. The first kappa shape index (κ1) is 20.2. The number of rotatable bonds is 7. The second-order valence-electron chi connectivity index (χ2n) is 8.78. The Morgan fingerprint density at radius 3 is 2.61 bits per heavy atom. The largest absolute Gasteiger partial charge is 0.492 e. The van der Waals surface area contributed by atoms with Gasteiger partial charge in [0.1, 0.15) is 17.9 Å². The van der Waals surface area contributed by atoms with Crippen LogP contribution in [-0.2, 0) is 0 Å². The quantitative estimate of drug-likeness (QED) is 0.698. The lowest BCUT2D eigenvalue weighted by Crippen LogP contribution is -2.30. The summed E-state index contributed by atoms with van der Waals surface area (Å²) < 4.78 is 35.8. The fraction of sp³-hybridized carbons (Fsp3) is 0.545. The minimum Gasteiger partial charge on any atom is -0.492 e. The third kappa shape index (κ3) is 3.54. The number of carbonyl (C=O) groups is 1. The molecule has 1 saturated heterocycles. The first-order valence-corrected chi connectivity index (χ1v) is 10.6. The van der Waals surface area contributed by atoms with Gasteiger partial charge in [-0.05, 0) is 25.0 Å². The van der Waals surface area contributed by atoms with E-state index in [9.17, 15) is 23.5 Å². The van der Waals surface area contributed by atoms with E-state index in [0.717, 1.165) is 12.8 Å². The maximum Gasteiger partial charge on any atom is 0.341 e. The number of halogens is 2. The molecule has 4 atom stereocenters. The predicted molar refractivity (Wildman–Crippen MR) is 112 cm³/mol. The summed E-state index contributed by atoms with van der Waals surface area (Å²) in [6.07, 6.45) is 1.61. The van der Waals surface area contributed by atoms with Crippen LogP contribution in [0.25, 0.3) is 10.9 Å². The average molecular weight is 433 g/mol. The van der Waals surface area contributed by atoms with Crippen LogP contribution in [0.3, 0.4) is 0 Å². The molecule has 4 unspecified atom stereocenters. The summed E-state index contributed by atoms with van der Waals surface area (Å²) in [5.41, 5.74) is -0.0671. The number of pyridine rings is 1. The highest BCUT2D eigenvalue weighted by Gasteiger charge is 2.41. The summed E-state index contributed by atoms with van der Waals surface area (Å²) in [7, 11) is 1.45. The predicted octanol–water partition coefficient (Wildman–Crippen LogP) is 2.52. The summed E-state index contributed by atoms with van der Waals surface area (Å²) in [5, 5.41) is 13.0. The number of nitrogens with zero attached hydrogens (tertiary/aromatic N) is 2. The molecule has 3 aliphatic rings. The maximum atomic E-state index is 14.7. The molecule has 9 heteroatoms. The lowest BCUT2D eigenvalue weighted by molar-refractivity contribution is 0.0694. The molecule has 1 aliphatic heterocycles. The van der Waals surface area contributed by atoms with Crippen LogP contribution >= 0.6 is 0 Å². The molecular weight excluding hydrogens is 408 g/mol. The number of carboxylic acids is 1. The van der Waals surface area contributed by atoms with Crippen LogP contribution in [0, 0.1) is 5.92 Å². The van der Waals surface area contributed by atoms with Crippen molar-refractivity contribution in [3.05, 3.63) is 34.1 Å². The van der Waals surface area contributed by atoms with Gasteiger partial charge in [0.05, 0.1) is 29.7 Å². The number of fused-ring (bicyclic) bond motifs is 1. The molecule has 0 amide bonds. The van der Waals surface area contributed by atoms with Crippen LogP contribution < -0.4 is 20.4 Å². The zero-order chi connectivity index (χ0) is 21.9. The van der Waals surface area contributed by atoms with E-state index in [0.29, 0.717) is 36.1 Å². The van der Waals surface area contributed by atoms with Gasteiger partial charge < -0.3 is 24.6 Å². The van der Waals surface area contributed by atoms with Crippen LogP contribution in [-0.4, -0.2) is 60.8 Å². The average Bonchev–Trinajstić information content (AvgIpc) is 3.66. The van der Waals surface area contributed by atoms with Crippen LogP contribution in [0.4, 0.5) is 14.5 Å². The van der Waals surface area contributed by atoms with Gasteiger partial charge in [0.2, 0.25) is 5.43 Å². The van der Waals surface area contributed by atoms with Gasteiger partial charge in [0.25, 0.3) is 0 Å². The fourth-order valence-corrected chi connectivity index (χ4v) is 4.54. The zero-order valence-corrected chi connectivity index (χ0v) is 17.2. The van der Waals surface area contributed by atoms with Gasteiger partial charge in [0.15, 0.2) is 5.75 Å². The van der Waals surface area contributed by atoms with Gasteiger partial charge >= 0.3 is 5.97 Å². The number of alkyl halides is 2. The van der Waals surface area contributed by atoms with Crippen LogP contribution in [0.15, 0.2) is 23.1 Å². The monoisotopic (exact) mass is 433 g/mol. The Morgan fingerprint density at radius 1 is 1.26 bits per heavy atom. The highest BCUT2D eigenvalue weighted by atomic mass is 19.1. The number of benzene rings is 1. The van der Waals surface area contributed by atoms with Crippen molar-refractivity contribution in [1.82, 2.24) is 9.88 Å². The van der Waals surface area contributed by atoms with E-state index >= 15 is 0 Å². The Bertz CT molecular complexity index is 1100. The second kappa shape index (κ2) is 7.47. The van der Waals surface area contributed by atoms with Crippen LogP contribution in [0.2, 0.25) is 0 Å². The van der Waals surface area contributed by atoms with Crippen molar-refractivity contribution in [2.24, 2.45) is 5.92 Å². The van der Waals surface area contributed by atoms with Crippen molar-refractivity contribution in [3.63, 3.8) is 0 Å². The molecule has 0 spiro atoms. The van der Waals surface area contributed by atoms with Crippen molar-refractivity contribution < 1.29 is 23.4 Å². The second-order valence-corrected chi connectivity index (χ2v) is 8.78. The third-order valence-corrected chi connectivity index (χ3v) is 6.55. The molecular formula is C22H25F2N3O4. The number of hydrogen-bond donors (Lipinski definition) is 2. The van der Waals surface area contributed by atoms with Crippen molar-refractivity contribution in [2.75, 3.05) is 31.6 Å². The molecule has 1 aromatic heterocycles. The molecule has 0 bridgehead atoms. The topological polar surface area (TPSA) is 83.8 Å². The maximum absolute atomic E-state index is 14.7. The van der Waals surface area contributed by atoms with E-state index in [4.69, 9.17) is 4.74 Å². The summed E-state index contributed by atoms with van der Waals surface area (Å²) in [5.74, 6) is -1.17. The number of methoxy groups -OCH3 is 1. The molecule has 31 heavy (non-hydrogen) atoms. The number of aromatic carboxylic acids is 1. The molecule has 166 valence electrons. The Kier molecular flexibility index (Phi) is 4.88. The summed E-state index contributed by atoms with van der Waals surface area (Å²) in [4.78, 5) is 26.2. The lowest BCUT2D eigenvalue weighted by Gasteiger charge is -2.24. The SMILES string of the molecule is COc1c(N2CC(F)C(CNC3CC3)C2)ccc2c(=O)c(C(=O)O)cn(C3CC3F)c12. The van der Waals surface area contributed by atoms with E-state index < -0.39 is 35.3 Å². The van der Waals surface area contributed by atoms with Gasteiger partial charge in [-0.3, -0.25) is 4.79 Å². The normalized spacial score (nSPS) is 27.6. The summed E-state index contributed by atoms with van der Waals surface area (Å²) in [6.45, 7) is 1.30. The van der Waals surface area contributed by atoms with Crippen molar-refractivity contribution in [1.29, 1.82) is 0 Å². The zero-order valence-electron chi connectivity index (χ0n) is 17.2. The number of nitrogens with one attached hydrogen (secondary N) is 1. The molecule has 2 aliphatic carbocycles. The van der Waals surface area contributed by atoms with E-state index in [2.05, 4.69) is 5.32 Å². The van der Waals surface area contributed by atoms with Gasteiger partial charge in [-0.15, -0.1) is 0 Å². The number of ether oxygens (including phenoxy) is 1. The number of carboxylic acid groups (broad SMARTS) is 1. The first-order chi connectivity index (χ1) is 14.9. The Labute approximate surface area is 177 Å². The lowest BCUT2D eigenvalue weighted by atomic mass is 10.1. The first-order valence-electron chi connectivity index (χ1n) is 10.6. The fourth-order valence-electron chi connectivity index (χ4n) is 4.54. The van der Waals surface area contributed by atoms with E-state index in [-0.39, 0.29) is 24.3 Å². The number of hydrogen-bond acceptors (Lipinski definition) is 5. The van der Waals surface area contributed by atoms with Crippen molar-refractivity contribution in [2.45, 2.75) is 43.7 Å². The molecule has 5 rings (SSSR count).